The molecule has 1 heterocycles. The molecule has 162 valence electrons. The highest BCUT2D eigenvalue weighted by Crippen LogP contribution is 2.30. The molecular weight excluding hydrogens is 408 g/mol. The summed E-state index contributed by atoms with van der Waals surface area (Å²) in [6.07, 6.45) is -0.987. The first-order valence-corrected chi connectivity index (χ1v) is 10.2. The highest BCUT2D eigenvalue weighted by atomic mass is 35.5. The fourth-order valence-electron chi connectivity index (χ4n) is 3.35. The molecule has 2 aromatic carbocycles. The molecule has 0 saturated carbocycles. The second-order valence-corrected chi connectivity index (χ2v) is 7.62. The van der Waals surface area contributed by atoms with Crippen LogP contribution in [0, 0.1) is 0 Å². The van der Waals surface area contributed by atoms with Gasteiger partial charge in [0.15, 0.2) is 18.1 Å². The molecular formula is C22H27ClN2O5. The average molecular weight is 435 g/mol. The minimum absolute atomic E-state index is 0.0809. The van der Waals surface area contributed by atoms with E-state index in [1.54, 1.807) is 23.1 Å². The fraction of sp³-hybridized carbons (Fsp3) is 0.409. The van der Waals surface area contributed by atoms with Crippen molar-refractivity contribution in [3.63, 3.8) is 0 Å². The van der Waals surface area contributed by atoms with Gasteiger partial charge in [-0.3, -0.25) is 9.69 Å². The van der Waals surface area contributed by atoms with Crippen LogP contribution in [-0.2, 0) is 11.3 Å². The Morgan fingerprint density at radius 2 is 1.80 bits per heavy atom. The summed E-state index contributed by atoms with van der Waals surface area (Å²) in [6.45, 7) is 3.25. The Kier molecular flexibility index (Phi) is 7.93. The van der Waals surface area contributed by atoms with E-state index in [1.165, 1.54) is 12.7 Å². The van der Waals surface area contributed by atoms with Gasteiger partial charge in [-0.05, 0) is 35.4 Å². The molecule has 0 bridgehead atoms. The predicted molar refractivity (Wildman–Crippen MR) is 114 cm³/mol. The summed E-state index contributed by atoms with van der Waals surface area (Å²) in [5.74, 6) is 0.740. The molecule has 1 amide bonds. The van der Waals surface area contributed by atoms with E-state index in [0.29, 0.717) is 30.2 Å². The maximum Gasteiger partial charge on any atom is 0.260 e. The summed E-state index contributed by atoms with van der Waals surface area (Å²) in [7, 11) is 1.49. The maximum absolute atomic E-state index is 12.5. The van der Waals surface area contributed by atoms with Gasteiger partial charge in [-0.1, -0.05) is 29.8 Å². The van der Waals surface area contributed by atoms with Crippen LogP contribution in [0.2, 0.25) is 5.02 Å². The summed E-state index contributed by atoms with van der Waals surface area (Å²) in [4.78, 5) is 16.7. The number of amides is 1. The van der Waals surface area contributed by atoms with Crippen molar-refractivity contribution in [1.82, 2.24) is 9.80 Å². The zero-order valence-corrected chi connectivity index (χ0v) is 17.7. The highest BCUT2D eigenvalue weighted by molar-refractivity contribution is 6.30. The van der Waals surface area contributed by atoms with E-state index < -0.39 is 6.10 Å². The Balaban J connectivity index is 1.48. The van der Waals surface area contributed by atoms with E-state index in [1.807, 2.05) is 24.3 Å². The number of carbonyl (C=O) groups excluding carboxylic acids is 1. The zero-order valence-electron chi connectivity index (χ0n) is 17.0. The van der Waals surface area contributed by atoms with Gasteiger partial charge in [0.2, 0.25) is 0 Å². The van der Waals surface area contributed by atoms with Gasteiger partial charge in [-0.15, -0.1) is 0 Å². The van der Waals surface area contributed by atoms with E-state index >= 15 is 0 Å². The van der Waals surface area contributed by atoms with Crippen molar-refractivity contribution in [2.45, 2.75) is 12.6 Å². The standard InChI is InChI=1S/C22H27ClN2O5/c1-29-21-12-17(19(27)14-26)4-7-20(21)30-15-22(28)25-10-8-24(9-11-25)13-16-2-5-18(23)6-3-16/h2-7,12,19,26-27H,8-11,13-15H2,1H3. The number of aliphatic hydroxyl groups excluding tert-OH is 2. The molecule has 2 aromatic rings. The van der Waals surface area contributed by atoms with Crippen LogP contribution in [0.25, 0.3) is 0 Å². The van der Waals surface area contributed by atoms with Crippen LogP contribution in [0.1, 0.15) is 17.2 Å². The van der Waals surface area contributed by atoms with Crippen molar-refractivity contribution < 1.29 is 24.5 Å². The molecule has 0 spiro atoms. The second kappa shape index (κ2) is 10.6. The number of hydrogen-bond acceptors (Lipinski definition) is 6. The fourth-order valence-corrected chi connectivity index (χ4v) is 3.48. The lowest BCUT2D eigenvalue weighted by molar-refractivity contribution is -0.135. The number of ether oxygens (including phenoxy) is 2. The van der Waals surface area contributed by atoms with Crippen molar-refractivity contribution >= 4 is 17.5 Å². The average Bonchev–Trinajstić information content (AvgIpc) is 2.78. The Hall–Kier alpha value is -2.32. The number of halogens is 1. The van der Waals surface area contributed by atoms with Crippen LogP contribution >= 0.6 is 11.6 Å². The van der Waals surface area contributed by atoms with Crippen molar-refractivity contribution in [1.29, 1.82) is 0 Å². The number of aliphatic hydroxyl groups is 2. The van der Waals surface area contributed by atoms with E-state index in [9.17, 15) is 9.90 Å². The third-order valence-corrected chi connectivity index (χ3v) is 5.39. The molecule has 0 aromatic heterocycles. The minimum atomic E-state index is -0.987. The van der Waals surface area contributed by atoms with Gasteiger partial charge < -0.3 is 24.6 Å². The third-order valence-electron chi connectivity index (χ3n) is 5.14. The molecule has 0 aliphatic carbocycles. The smallest absolute Gasteiger partial charge is 0.260 e. The minimum Gasteiger partial charge on any atom is -0.493 e. The van der Waals surface area contributed by atoms with Crippen LogP contribution < -0.4 is 9.47 Å². The van der Waals surface area contributed by atoms with Gasteiger partial charge in [0.05, 0.1) is 13.7 Å². The molecule has 1 atom stereocenters. The molecule has 1 aliphatic heterocycles. The lowest BCUT2D eigenvalue weighted by atomic mass is 10.1. The molecule has 30 heavy (non-hydrogen) atoms. The van der Waals surface area contributed by atoms with Gasteiger partial charge in [-0.25, -0.2) is 0 Å². The van der Waals surface area contributed by atoms with Crippen LogP contribution in [0.15, 0.2) is 42.5 Å². The molecule has 1 aliphatic rings. The van der Waals surface area contributed by atoms with E-state index in [4.69, 9.17) is 26.2 Å². The summed E-state index contributed by atoms with van der Waals surface area (Å²) < 4.78 is 10.9. The Bertz CT molecular complexity index is 838. The second-order valence-electron chi connectivity index (χ2n) is 7.18. The van der Waals surface area contributed by atoms with Crippen LogP contribution in [0.5, 0.6) is 11.5 Å². The lowest BCUT2D eigenvalue weighted by Crippen LogP contribution is -2.49. The topological polar surface area (TPSA) is 82.5 Å². The first-order chi connectivity index (χ1) is 14.5. The molecule has 8 heteroatoms. The third kappa shape index (κ3) is 5.86. The molecule has 3 rings (SSSR count). The number of nitrogens with zero attached hydrogens (tertiary/aromatic N) is 2. The number of rotatable bonds is 8. The van der Waals surface area contributed by atoms with E-state index in [-0.39, 0.29) is 19.1 Å². The van der Waals surface area contributed by atoms with Gasteiger partial charge in [0, 0.05) is 37.7 Å². The zero-order chi connectivity index (χ0) is 21.5. The molecule has 1 unspecified atom stereocenters. The van der Waals surface area contributed by atoms with Gasteiger partial charge >= 0.3 is 0 Å². The Morgan fingerprint density at radius 1 is 1.10 bits per heavy atom. The van der Waals surface area contributed by atoms with Gasteiger partial charge in [0.1, 0.15) is 6.10 Å². The molecule has 1 saturated heterocycles. The Labute approximate surface area is 181 Å². The van der Waals surface area contributed by atoms with Crippen molar-refractivity contribution in [2.75, 3.05) is 46.5 Å². The van der Waals surface area contributed by atoms with E-state index in [0.717, 1.165) is 24.7 Å². The van der Waals surface area contributed by atoms with Gasteiger partial charge in [0.25, 0.3) is 5.91 Å². The van der Waals surface area contributed by atoms with Crippen molar-refractivity contribution in [3.05, 3.63) is 58.6 Å². The summed E-state index contributed by atoms with van der Waals surface area (Å²) in [5, 5.41) is 19.5. The largest absolute Gasteiger partial charge is 0.493 e. The maximum atomic E-state index is 12.5. The van der Waals surface area contributed by atoms with E-state index in [2.05, 4.69) is 4.90 Å². The van der Waals surface area contributed by atoms with Crippen molar-refractivity contribution in [2.24, 2.45) is 0 Å². The number of methoxy groups -OCH3 is 1. The first-order valence-electron chi connectivity index (χ1n) is 9.84. The number of benzene rings is 2. The molecule has 7 nitrogen and oxygen atoms in total. The lowest BCUT2D eigenvalue weighted by Gasteiger charge is -2.34. The normalized spacial score (nSPS) is 15.7. The molecule has 1 fully saturated rings. The SMILES string of the molecule is COc1cc(C(O)CO)ccc1OCC(=O)N1CCN(Cc2ccc(Cl)cc2)CC1. The van der Waals surface area contributed by atoms with Crippen LogP contribution in [0.3, 0.4) is 0 Å². The Morgan fingerprint density at radius 3 is 2.43 bits per heavy atom. The monoisotopic (exact) mass is 434 g/mol. The number of hydrogen-bond donors (Lipinski definition) is 2. The van der Waals surface area contributed by atoms with Crippen molar-refractivity contribution in [3.8, 4) is 11.5 Å². The number of carbonyl (C=O) groups is 1. The first kappa shape index (κ1) is 22.4. The number of piperazine rings is 1. The molecule has 2 N–H and O–H groups in total. The quantitative estimate of drug-likeness (QED) is 0.662. The summed E-state index contributed by atoms with van der Waals surface area (Å²) in [6, 6.07) is 12.7. The molecule has 0 radical (unpaired) electrons. The summed E-state index contributed by atoms with van der Waals surface area (Å²) >= 11 is 5.93. The van der Waals surface area contributed by atoms with Gasteiger partial charge in [-0.2, -0.15) is 0 Å². The predicted octanol–water partition coefficient (Wildman–Crippen LogP) is 2.10. The van der Waals surface area contributed by atoms with Crippen LogP contribution in [-0.4, -0.2) is 72.4 Å². The summed E-state index contributed by atoms with van der Waals surface area (Å²) in [5.41, 5.74) is 1.72. The van der Waals surface area contributed by atoms with Crippen LogP contribution in [0.4, 0.5) is 0 Å². The highest BCUT2D eigenvalue weighted by Gasteiger charge is 2.22.